The number of ether oxygens (including phenoxy) is 1. The van der Waals surface area contributed by atoms with E-state index in [0.29, 0.717) is 5.92 Å². The number of aryl methyl sites for hydroxylation is 3. The fourth-order valence-corrected chi connectivity index (χ4v) is 2.70. The van der Waals surface area contributed by atoms with Gasteiger partial charge in [0.25, 0.3) is 0 Å². The van der Waals surface area contributed by atoms with E-state index in [-0.39, 0.29) is 11.7 Å². The van der Waals surface area contributed by atoms with E-state index in [1.54, 1.807) is 0 Å². The summed E-state index contributed by atoms with van der Waals surface area (Å²) in [4.78, 5) is 0. The molecule has 0 saturated carbocycles. The summed E-state index contributed by atoms with van der Waals surface area (Å²) < 4.78 is 6.43. The minimum Gasteiger partial charge on any atom is -0.364 e. The predicted molar refractivity (Wildman–Crippen MR) is 80.6 cm³/mol. The van der Waals surface area contributed by atoms with Crippen LogP contribution in [0.4, 0.5) is 0 Å². The fraction of sp³-hybridized carbons (Fsp3) is 0.647. The third kappa shape index (κ3) is 2.85. The first-order valence-corrected chi connectivity index (χ1v) is 7.30. The lowest BCUT2D eigenvalue weighted by atomic mass is 9.88. The van der Waals surface area contributed by atoms with Gasteiger partial charge in [0.05, 0.1) is 11.7 Å². The van der Waals surface area contributed by atoms with E-state index in [2.05, 4.69) is 59.0 Å². The van der Waals surface area contributed by atoms with Crippen molar-refractivity contribution in [1.82, 2.24) is 5.32 Å². The van der Waals surface area contributed by atoms with E-state index in [1.165, 1.54) is 22.3 Å². The zero-order valence-electron chi connectivity index (χ0n) is 13.1. The molecular formula is C17H27NO. The first kappa shape index (κ1) is 14.5. The molecule has 0 radical (unpaired) electrons. The van der Waals surface area contributed by atoms with Crippen molar-refractivity contribution in [2.45, 2.75) is 53.2 Å². The molecule has 1 aliphatic heterocycles. The Hall–Kier alpha value is -0.860. The normalized spacial score (nSPS) is 27.8. The SMILES string of the molecule is Cc1cc(C)c(C2CNCC(C)(C(C)C)O2)cc1C. The van der Waals surface area contributed by atoms with Crippen molar-refractivity contribution in [3.63, 3.8) is 0 Å². The first-order chi connectivity index (χ1) is 8.83. The highest BCUT2D eigenvalue weighted by Crippen LogP contribution is 2.34. The Morgan fingerprint density at radius 1 is 1.16 bits per heavy atom. The van der Waals surface area contributed by atoms with Crippen LogP contribution in [0.15, 0.2) is 12.1 Å². The van der Waals surface area contributed by atoms with Gasteiger partial charge in [0.1, 0.15) is 0 Å². The van der Waals surface area contributed by atoms with E-state index in [9.17, 15) is 0 Å². The summed E-state index contributed by atoms with van der Waals surface area (Å²) >= 11 is 0. The van der Waals surface area contributed by atoms with Crippen LogP contribution in [-0.4, -0.2) is 18.7 Å². The molecule has 19 heavy (non-hydrogen) atoms. The van der Waals surface area contributed by atoms with E-state index in [1.807, 2.05) is 0 Å². The van der Waals surface area contributed by atoms with Gasteiger partial charge in [-0.25, -0.2) is 0 Å². The van der Waals surface area contributed by atoms with Crippen molar-refractivity contribution >= 4 is 0 Å². The summed E-state index contributed by atoms with van der Waals surface area (Å²) in [6.07, 6.45) is 0.167. The minimum atomic E-state index is -0.0753. The van der Waals surface area contributed by atoms with Gasteiger partial charge >= 0.3 is 0 Å². The molecule has 2 rings (SSSR count). The van der Waals surface area contributed by atoms with E-state index in [0.717, 1.165) is 13.1 Å². The molecule has 2 unspecified atom stereocenters. The van der Waals surface area contributed by atoms with E-state index in [4.69, 9.17) is 4.74 Å². The van der Waals surface area contributed by atoms with Gasteiger partial charge < -0.3 is 10.1 Å². The Kier molecular flexibility index (Phi) is 4.03. The molecule has 0 aliphatic carbocycles. The summed E-state index contributed by atoms with van der Waals surface area (Å²) in [5, 5.41) is 3.54. The summed E-state index contributed by atoms with van der Waals surface area (Å²) in [6, 6.07) is 4.57. The Morgan fingerprint density at radius 3 is 2.42 bits per heavy atom. The Bertz CT molecular complexity index is 467. The molecule has 0 bridgehead atoms. The van der Waals surface area contributed by atoms with Crippen molar-refractivity contribution in [2.24, 2.45) is 5.92 Å². The lowest BCUT2D eigenvalue weighted by Crippen LogP contribution is -2.52. The number of nitrogens with one attached hydrogen (secondary N) is 1. The standard InChI is InChI=1S/C17H27NO/c1-11(2)17(6)10-18-9-16(19-17)15-8-13(4)12(3)7-14(15)5/h7-8,11,16,18H,9-10H2,1-6H3. The molecule has 1 saturated heterocycles. The van der Waals surface area contributed by atoms with Crippen LogP contribution in [0, 0.1) is 26.7 Å². The summed E-state index contributed by atoms with van der Waals surface area (Å²) in [7, 11) is 0. The van der Waals surface area contributed by atoms with Crippen LogP contribution < -0.4 is 5.32 Å². The number of hydrogen-bond donors (Lipinski definition) is 1. The quantitative estimate of drug-likeness (QED) is 0.876. The van der Waals surface area contributed by atoms with E-state index >= 15 is 0 Å². The van der Waals surface area contributed by atoms with Crippen molar-refractivity contribution < 1.29 is 4.74 Å². The molecule has 106 valence electrons. The van der Waals surface area contributed by atoms with E-state index < -0.39 is 0 Å². The fourth-order valence-electron chi connectivity index (χ4n) is 2.70. The number of rotatable bonds is 2. The summed E-state index contributed by atoms with van der Waals surface area (Å²) in [5.41, 5.74) is 5.30. The zero-order valence-corrected chi connectivity index (χ0v) is 13.1. The summed E-state index contributed by atoms with van der Waals surface area (Å²) in [6.45, 7) is 15.1. The molecule has 2 nitrogen and oxygen atoms in total. The molecule has 1 fully saturated rings. The lowest BCUT2D eigenvalue weighted by Gasteiger charge is -2.42. The maximum absolute atomic E-state index is 6.43. The molecule has 1 N–H and O–H groups in total. The van der Waals surface area contributed by atoms with Crippen molar-refractivity contribution in [3.8, 4) is 0 Å². The second-order valence-electron chi connectivity index (χ2n) is 6.50. The average molecular weight is 261 g/mol. The second-order valence-corrected chi connectivity index (χ2v) is 6.50. The molecule has 0 amide bonds. The van der Waals surface area contributed by atoms with Gasteiger partial charge in [-0.05, 0) is 55.9 Å². The Labute approximate surface area is 117 Å². The van der Waals surface area contributed by atoms with Crippen molar-refractivity contribution in [2.75, 3.05) is 13.1 Å². The van der Waals surface area contributed by atoms with Gasteiger partial charge in [-0.1, -0.05) is 26.0 Å². The molecule has 1 aliphatic rings. The van der Waals surface area contributed by atoms with Gasteiger partial charge in [-0.3, -0.25) is 0 Å². The second kappa shape index (κ2) is 5.26. The van der Waals surface area contributed by atoms with Crippen molar-refractivity contribution in [3.05, 3.63) is 34.4 Å². The molecule has 1 aromatic carbocycles. The zero-order chi connectivity index (χ0) is 14.2. The highest BCUT2D eigenvalue weighted by molar-refractivity contribution is 5.38. The van der Waals surface area contributed by atoms with Crippen LogP contribution in [0.1, 0.15) is 49.1 Å². The Morgan fingerprint density at radius 2 is 1.79 bits per heavy atom. The molecule has 2 heteroatoms. The third-order valence-corrected chi connectivity index (χ3v) is 4.67. The topological polar surface area (TPSA) is 21.3 Å². The minimum absolute atomic E-state index is 0.0753. The van der Waals surface area contributed by atoms with Crippen molar-refractivity contribution in [1.29, 1.82) is 0 Å². The van der Waals surface area contributed by atoms with Crippen LogP contribution in [0.3, 0.4) is 0 Å². The maximum Gasteiger partial charge on any atom is 0.0960 e. The van der Waals surface area contributed by atoms with Gasteiger partial charge in [-0.15, -0.1) is 0 Å². The maximum atomic E-state index is 6.43. The molecule has 2 atom stereocenters. The first-order valence-electron chi connectivity index (χ1n) is 7.30. The molecule has 0 spiro atoms. The molecular weight excluding hydrogens is 234 g/mol. The molecule has 0 aromatic heterocycles. The van der Waals surface area contributed by atoms with Crippen LogP contribution in [0.25, 0.3) is 0 Å². The average Bonchev–Trinajstić information content (AvgIpc) is 2.33. The number of morpholine rings is 1. The predicted octanol–water partition coefficient (Wildman–Crippen LogP) is 3.69. The highest BCUT2D eigenvalue weighted by Gasteiger charge is 2.36. The largest absolute Gasteiger partial charge is 0.364 e. The van der Waals surface area contributed by atoms with Crippen LogP contribution in [0.2, 0.25) is 0 Å². The number of hydrogen-bond acceptors (Lipinski definition) is 2. The van der Waals surface area contributed by atoms with Crippen LogP contribution in [0.5, 0.6) is 0 Å². The number of benzene rings is 1. The van der Waals surface area contributed by atoms with Gasteiger partial charge in [0, 0.05) is 13.1 Å². The van der Waals surface area contributed by atoms with Crippen LogP contribution in [-0.2, 0) is 4.74 Å². The van der Waals surface area contributed by atoms with Crippen LogP contribution >= 0.6 is 0 Å². The smallest absolute Gasteiger partial charge is 0.0960 e. The summed E-state index contributed by atoms with van der Waals surface area (Å²) in [5.74, 6) is 0.509. The van der Waals surface area contributed by atoms with Gasteiger partial charge in [-0.2, -0.15) is 0 Å². The third-order valence-electron chi connectivity index (χ3n) is 4.67. The monoisotopic (exact) mass is 261 g/mol. The van der Waals surface area contributed by atoms with Gasteiger partial charge in [0.15, 0.2) is 0 Å². The molecule has 1 heterocycles. The highest BCUT2D eigenvalue weighted by atomic mass is 16.5. The van der Waals surface area contributed by atoms with Gasteiger partial charge in [0.2, 0.25) is 0 Å². The lowest BCUT2D eigenvalue weighted by molar-refractivity contribution is -0.132. The Balaban J connectivity index is 2.30. The molecule has 1 aromatic rings.